The Bertz CT molecular complexity index is 659. The van der Waals surface area contributed by atoms with Crippen LogP contribution in [0.4, 0.5) is 18.9 Å². The molecule has 0 radical (unpaired) electrons. The van der Waals surface area contributed by atoms with Crippen LogP contribution in [0, 0.1) is 5.92 Å². The van der Waals surface area contributed by atoms with Gasteiger partial charge in [0.1, 0.15) is 5.75 Å². The molecule has 1 saturated heterocycles. The van der Waals surface area contributed by atoms with Crippen LogP contribution in [0.25, 0.3) is 0 Å². The highest BCUT2D eigenvalue weighted by Crippen LogP contribution is 2.35. The van der Waals surface area contributed by atoms with Gasteiger partial charge in [-0.15, -0.1) is 0 Å². The minimum atomic E-state index is -4.53. The average molecular weight is 358 g/mol. The van der Waals surface area contributed by atoms with Gasteiger partial charge >= 0.3 is 6.18 Å². The quantitative estimate of drug-likeness (QED) is 0.879. The number of ether oxygens (including phenoxy) is 1. The summed E-state index contributed by atoms with van der Waals surface area (Å²) in [6.07, 6.45) is -4.48. The molecular formula is C17H21F3N2O3. The van der Waals surface area contributed by atoms with Crippen molar-refractivity contribution in [3.63, 3.8) is 0 Å². The van der Waals surface area contributed by atoms with Gasteiger partial charge in [-0.05, 0) is 39.0 Å². The summed E-state index contributed by atoms with van der Waals surface area (Å²) in [6, 6.07) is 2.90. The molecular weight excluding hydrogens is 337 g/mol. The second kappa shape index (κ2) is 7.33. The number of likely N-dealkylation sites (tertiary alicyclic amines) is 1. The number of benzene rings is 1. The van der Waals surface area contributed by atoms with Crippen molar-refractivity contribution in [3.05, 3.63) is 23.8 Å². The third kappa shape index (κ3) is 4.43. The summed E-state index contributed by atoms with van der Waals surface area (Å²) in [5.41, 5.74) is -0.922. The number of hydrogen-bond donors (Lipinski definition) is 1. The van der Waals surface area contributed by atoms with Gasteiger partial charge in [0.15, 0.2) is 0 Å². The van der Waals surface area contributed by atoms with Gasteiger partial charge in [0, 0.05) is 19.0 Å². The average Bonchev–Trinajstić information content (AvgIpc) is 2.90. The Morgan fingerprint density at radius 1 is 1.40 bits per heavy atom. The van der Waals surface area contributed by atoms with Crippen molar-refractivity contribution in [1.82, 2.24) is 4.90 Å². The Morgan fingerprint density at radius 3 is 2.60 bits per heavy atom. The molecule has 2 rings (SSSR count). The lowest BCUT2D eigenvalue weighted by atomic mass is 10.1. The molecule has 0 aliphatic carbocycles. The minimum Gasteiger partial charge on any atom is -0.492 e. The highest BCUT2D eigenvalue weighted by molar-refractivity contribution is 5.98. The molecule has 2 amide bonds. The first kappa shape index (κ1) is 19.1. The van der Waals surface area contributed by atoms with E-state index in [1.807, 2.05) is 13.8 Å². The molecule has 0 unspecified atom stereocenters. The van der Waals surface area contributed by atoms with Crippen molar-refractivity contribution in [2.24, 2.45) is 5.92 Å². The van der Waals surface area contributed by atoms with Gasteiger partial charge < -0.3 is 15.0 Å². The Balaban J connectivity index is 2.20. The minimum absolute atomic E-state index is 0.0298. The zero-order chi connectivity index (χ0) is 18.8. The standard InChI is InChI=1S/C17H21F3N2O3/c1-4-25-14-6-5-12(17(18,19)20)8-13(14)21-16(24)11-7-15(23)22(9-11)10(2)3/h5-6,8,10-11H,4,7,9H2,1-3H3,(H,21,24)/t11-/m0/s1. The van der Waals surface area contributed by atoms with Gasteiger partial charge in [-0.3, -0.25) is 9.59 Å². The lowest BCUT2D eigenvalue weighted by molar-refractivity contribution is -0.137. The maximum Gasteiger partial charge on any atom is 0.416 e. The van der Waals surface area contributed by atoms with E-state index >= 15 is 0 Å². The molecule has 5 nitrogen and oxygen atoms in total. The van der Waals surface area contributed by atoms with E-state index in [9.17, 15) is 22.8 Å². The molecule has 138 valence electrons. The number of halogens is 3. The smallest absolute Gasteiger partial charge is 0.416 e. The van der Waals surface area contributed by atoms with Crippen LogP contribution in [-0.4, -0.2) is 35.9 Å². The summed E-state index contributed by atoms with van der Waals surface area (Å²) in [5, 5.41) is 2.49. The van der Waals surface area contributed by atoms with Gasteiger partial charge in [-0.1, -0.05) is 0 Å². The van der Waals surface area contributed by atoms with Crippen LogP contribution in [-0.2, 0) is 15.8 Å². The zero-order valence-corrected chi connectivity index (χ0v) is 14.3. The number of carbonyl (C=O) groups is 2. The Hall–Kier alpha value is -2.25. The number of alkyl halides is 3. The fourth-order valence-corrected chi connectivity index (χ4v) is 2.73. The number of nitrogens with one attached hydrogen (secondary N) is 1. The van der Waals surface area contributed by atoms with Gasteiger partial charge in [0.25, 0.3) is 0 Å². The fraction of sp³-hybridized carbons (Fsp3) is 0.529. The summed E-state index contributed by atoms with van der Waals surface area (Å²) < 4.78 is 44.0. The molecule has 0 saturated carbocycles. The van der Waals surface area contributed by atoms with Crippen LogP contribution in [0.2, 0.25) is 0 Å². The first-order valence-electron chi connectivity index (χ1n) is 8.07. The normalized spacial score (nSPS) is 18.0. The van der Waals surface area contributed by atoms with E-state index in [1.165, 1.54) is 6.07 Å². The Labute approximate surface area is 144 Å². The number of anilines is 1. The number of amides is 2. The van der Waals surface area contributed by atoms with Gasteiger partial charge in [0.2, 0.25) is 11.8 Å². The van der Waals surface area contributed by atoms with Crippen molar-refractivity contribution in [1.29, 1.82) is 0 Å². The van der Waals surface area contributed by atoms with Gasteiger partial charge in [-0.2, -0.15) is 13.2 Å². The first-order chi connectivity index (χ1) is 11.6. The number of hydrogen-bond acceptors (Lipinski definition) is 3. The second-order valence-corrected chi connectivity index (χ2v) is 6.17. The van der Waals surface area contributed by atoms with Crippen LogP contribution in [0.3, 0.4) is 0 Å². The van der Waals surface area contributed by atoms with E-state index in [1.54, 1.807) is 11.8 Å². The van der Waals surface area contributed by atoms with Crippen molar-refractivity contribution < 1.29 is 27.5 Å². The van der Waals surface area contributed by atoms with Crippen LogP contribution in [0.5, 0.6) is 5.75 Å². The van der Waals surface area contributed by atoms with Crippen molar-refractivity contribution in [3.8, 4) is 5.75 Å². The molecule has 1 aliphatic rings. The first-order valence-corrected chi connectivity index (χ1v) is 8.07. The predicted molar refractivity (Wildman–Crippen MR) is 86.2 cm³/mol. The van der Waals surface area contributed by atoms with Crippen LogP contribution in [0.15, 0.2) is 18.2 Å². The predicted octanol–water partition coefficient (Wildman–Crippen LogP) is 3.30. The summed E-state index contributed by atoms with van der Waals surface area (Å²) in [5.74, 6) is -1.06. The summed E-state index contributed by atoms with van der Waals surface area (Å²) in [4.78, 5) is 25.9. The lowest BCUT2D eigenvalue weighted by Gasteiger charge is -2.21. The number of carbonyl (C=O) groups excluding carboxylic acids is 2. The van der Waals surface area contributed by atoms with Gasteiger partial charge in [0.05, 0.1) is 23.8 Å². The number of nitrogens with zero attached hydrogens (tertiary/aromatic N) is 1. The molecule has 1 atom stereocenters. The third-order valence-corrected chi connectivity index (χ3v) is 4.02. The van der Waals surface area contributed by atoms with E-state index in [0.717, 1.165) is 12.1 Å². The summed E-state index contributed by atoms with van der Waals surface area (Å²) >= 11 is 0. The topological polar surface area (TPSA) is 58.6 Å². The molecule has 0 bridgehead atoms. The summed E-state index contributed by atoms with van der Waals surface area (Å²) in [6.45, 7) is 5.89. The largest absolute Gasteiger partial charge is 0.492 e. The lowest BCUT2D eigenvalue weighted by Crippen LogP contribution is -2.33. The maximum atomic E-state index is 12.9. The molecule has 1 N–H and O–H groups in total. The van der Waals surface area contributed by atoms with E-state index in [-0.39, 0.29) is 43.0 Å². The van der Waals surface area contributed by atoms with Crippen molar-refractivity contribution in [2.45, 2.75) is 39.4 Å². The van der Waals surface area contributed by atoms with Gasteiger partial charge in [-0.25, -0.2) is 0 Å². The Morgan fingerprint density at radius 2 is 2.08 bits per heavy atom. The number of rotatable bonds is 5. The molecule has 1 aromatic rings. The molecule has 8 heteroatoms. The maximum absolute atomic E-state index is 12.9. The molecule has 1 aromatic carbocycles. The molecule has 1 heterocycles. The van der Waals surface area contributed by atoms with Crippen molar-refractivity contribution in [2.75, 3.05) is 18.5 Å². The van der Waals surface area contributed by atoms with E-state index in [4.69, 9.17) is 4.74 Å². The molecule has 1 aliphatic heterocycles. The van der Waals surface area contributed by atoms with E-state index < -0.39 is 23.6 Å². The van der Waals surface area contributed by atoms with Crippen LogP contribution in [0.1, 0.15) is 32.8 Å². The highest BCUT2D eigenvalue weighted by Gasteiger charge is 2.36. The third-order valence-electron chi connectivity index (χ3n) is 4.02. The van der Waals surface area contributed by atoms with Crippen molar-refractivity contribution >= 4 is 17.5 Å². The zero-order valence-electron chi connectivity index (χ0n) is 14.3. The molecule has 25 heavy (non-hydrogen) atoms. The SMILES string of the molecule is CCOc1ccc(C(F)(F)F)cc1NC(=O)[C@H]1CC(=O)N(C(C)C)C1. The molecule has 0 aromatic heterocycles. The molecule has 1 fully saturated rings. The van der Waals surface area contributed by atoms with Crippen LogP contribution >= 0.6 is 0 Å². The highest BCUT2D eigenvalue weighted by atomic mass is 19.4. The van der Waals surface area contributed by atoms with E-state index in [0.29, 0.717) is 0 Å². The monoisotopic (exact) mass is 358 g/mol. The van der Waals surface area contributed by atoms with Crippen LogP contribution < -0.4 is 10.1 Å². The molecule has 0 spiro atoms. The van der Waals surface area contributed by atoms with E-state index in [2.05, 4.69) is 5.32 Å². The fourth-order valence-electron chi connectivity index (χ4n) is 2.73. The Kier molecular flexibility index (Phi) is 5.59. The summed E-state index contributed by atoms with van der Waals surface area (Å²) in [7, 11) is 0. The second-order valence-electron chi connectivity index (χ2n) is 6.17.